The average Bonchev–Trinajstić information content (AvgIpc) is 2.59. The van der Waals surface area contributed by atoms with Crippen LogP contribution >= 0.6 is 0 Å². The zero-order valence-corrected chi connectivity index (χ0v) is 16.3. The number of allylic oxidation sites excluding steroid dienone is 3. The average molecular weight is 371 g/mol. The quantitative estimate of drug-likeness (QED) is 0.794. The Bertz CT molecular complexity index is 879. The van der Waals surface area contributed by atoms with Crippen LogP contribution in [0.3, 0.4) is 0 Å². The molecular weight excluding hydrogens is 346 g/mol. The number of esters is 1. The number of carbonyl (C=O) groups excluding carboxylic acids is 2. The van der Waals surface area contributed by atoms with E-state index < -0.39 is 11.9 Å². The molecular formula is C21H25NO5. The zero-order chi connectivity index (χ0) is 19.9. The van der Waals surface area contributed by atoms with E-state index in [0.717, 1.165) is 5.70 Å². The van der Waals surface area contributed by atoms with Gasteiger partial charge in [0, 0.05) is 29.0 Å². The minimum absolute atomic E-state index is 0.0325. The molecule has 2 aliphatic rings. The van der Waals surface area contributed by atoms with E-state index in [1.807, 2.05) is 13.8 Å². The van der Waals surface area contributed by atoms with Crippen LogP contribution in [0, 0.1) is 5.41 Å². The molecule has 1 aliphatic heterocycles. The predicted molar refractivity (Wildman–Crippen MR) is 100 cm³/mol. The Morgan fingerprint density at radius 3 is 2.59 bits per heavy atom. The SMILES string of the molecule is COC(=O)C1=C(C)NC2=C(C(=O)CC(C)(C)C2)C1c1cccc(OC)c1O. The normalized spacial score (nSPS) is 21.5. The van der Waals surface area contributed by atoms with Gasteiger partial charge < -0.3 is 19.9 Å². The lowest BCUT2D eigenvalue weighted by molar-refractivity contribution is -0.136. The van der Waals surface area contributed by atoms with E-state index in [9.17, 15) is 14.7 Å². The number of Topliss-reactive ketones (excluding diaryl/α,β-unsaturated/α-hetero) is 1. The number of benzene rings is 1. The van der Waals surface area contributed by atoms with Crippen LogP contribution in [0.2, 0.25) is 0 Å². The summed E-state index contributed by atoms with van der Waals surface area (Å²) in [6.45, 7) is 5.87. The molecule has 1 aromatic carbocycles. The minimum Gasteiger partial charge on any atom is -0.504 e. The lowest BCUT2D eigenvalue weighted by atomic mass is 9.68. The van der Waals surface area contributed by atoms with Crippen LogP contribution in [0.25, 0.3) is 0 Å². The van der Waals surface area contributed by atoms with Gasteiger partial charge in [-0.3, -0.25) is 4.79 Å². The number of hydrogen-bond acceptors (Lipinski definition) is 6. The van der Waals surface area contributed by atoms with Crippen LogP contribution in [0.15, 0.2) is 40.7 Å². The maximum Gasteiger partial charge on any atom is 0.336 e. The molecule has 1 atom stereocenters. The Morgan fingerprint density at radius 2 is 1.96 bits per heavy atom. The molecule has 0 fully saturated rings. The van der Waals surface area contributed by atoms with Gasteiger partial charge in [0.1, 0.15) is 0 Å². The maximum atomic E-state index is 13.1. The summed E-state index contributed by atoms with van der Waals surface area (Å²) in [5.41, 5.74) is 2.55. The number of nitrogens with one attached hydrogen (secondary N) is 1. The summed E-state index contributed by atoms with van der Waals surface area (Å²) in [6, 6.07) is 5.08. The number of aromatic hydroxyl groups is 1. The second-order valence-electron chi connectivity index (χ2n) is 7.82. The lowest BCUT2D eigenvalue weighted by Gasteiger charge is -2.39. The number of methoxy groups -OCH3 is 2. The van der Waals surface area contributed by atoms with Crippen molar-refractivity contribution in [2.75, 3.05) is 14.2 Å². The highest BCUT2D eigenvalue weighted by atomic mass is 16.5. The Morgan fingerprint density at radius 1 is 1.26 bits per heavy atom. The number of phenolic OH excluding ortho intramolecular Hbond substituents is 1. The van der Waals surface area contributed by atoms with Crippen molar-refractivity contribution < 1.29 is 24.2 Å². The van der Waals surface area contributed by atoms with Crippen LogP contribution in [0.4, 0.5) is 0 Å². The first-order valence-corrected chi connectivity index (χ1v) is 8.88. The van der Waals surface area contributed by atoms with E-state index in [1.54, 1.807) is 25.1 Å². The van der Waals surface area contributed by atoms with Crippen LogP contribution in [-0.2, 0) is 14.3 Å². The third-order valence-corrected chi connectivity index (χ3v) is 5.21. The first kappa shape index (κ1) is 19.0. The standard InChI is InChI=1S/C21H25NO5/c1-11-16(20(25)27-5)17(12-7-6-8-15(26-4)19(12)24)18-13(22-11)9-21(2,3)10-14(18)23/h6-8,17,22,24H,9-10H2,1-5H3. The van der Waals surface area contributed by atoms with Crippen molar-refractivity contribution in [3.63, 3.8) is 0 Å². The van der Waals surface area contributed by atoms with E-state index in [2.05, 4.69) is 5.32 Å². The lowest BCUT2D eigenvalue weighted by Crippen LogP contribution is -2.38. The van der Waals surface area contributed by atoms with Gasteiger partial charge in [0.15, 0.2) is 17.3 Å². The molecule has 0 radical (unpaired) electrons. The van der Waals surface area contributed by atoms with Crippen molar-refractivity contribution in [2.24, 2.45) is 5.41 Å². The third-order valence-electron chi connectivity index (χ3n) is 5.21. The second-order valence-corrected chi connectivity index (χ2v) is 7.82. The minimum atomic E-state index is -0.701. The van der Waals surface area contributed by atoms with Gasteiger partial charge in [-0.1, -0.05) is 26.0 Å². The Labute approximate surface area is 158 Å². The van der Waals surface area contributed by atoms with Crippen LogP contribution < -0.4 is 10.1 Å². The van der Waals surface area contributed by atoms with E-state index in [-0.39, 0.29) is 16.9 Å². The number of carbonyl (C=O) groups is 2. The molecule has 27 heavy (non-hydrogen) atoms. The molecule has 6 heteroatoms. The molecule has 1 aliphatic carbocycles. The fraction of sp³-hybridized carbons (Fsp3) is 0.429. The highest BCUT2D eigenvalue weighted by molar-refractivity contribution is 6.04. The fourth-order valence-corrected chi connectivity index (χ4v) is 4.06. The zero-order valence-electron chi connectivity index (χ0n) is 16.3. The van der Waals surface area contributed by atoms with Crippen molar-refractivity contribution in [2.45, 2.75) is 39.5 Å². The summed E-state index contributed by atoms with van der Waals surface area (Å²) in [5, 5.41) is 14.0. The van der Waals surface area contributed by atoms with Gasteiger partial charge in [-0.25, -0.2) is 4.79 Å². The van der Waals surface area contributed by atoms with Crippen molar-refractivity contribution in [1.82, 2.24) is 5.32 Å². The van der Waals surface area contributed by atoms with E-state index in [1.165, 1.54) is 14.2 Å². The number of ether oxygens (including phenoxy) is 2. The van der Waals surface area contributed by atoms with Crippen molar-refractivity contribution >= 4 is 11.8 Å². The van der Waals surface area contributed by atoms with Gasteiger partial charge >= 0.3 is 5.97 Å². The third kappa shape index (κ3) is 3.20. The fourth-order valence-electron chi connectivity index (χ4n) is 4.06. The molecule has 0 amide bonds. The maximum absolute atomic E-state index is 13.1. The van der Waals surface area contributed by atoms with Gasteiger partial charge in [0.05, 0.1) is 25.7 Å². The monoisotopic (exact) mass is 371 g/mol. The molecule has 6 nitrogen and oxygen atoms in total. The molecule has 1 heterocycles. The predicted octanol–water partition coefficient (Wildman–Crippen LogP) is 3.18. The number of phenols is 1. The Kier molecular flexibility index (Phi) is 4.76. The number of rotatable bonds is 3. The topological polar surface area (TPSA) is 84.9 Å². The Balaban J connectivity index is 2.26. The summed E-state index contributed by atoms with van der Waals surface area (Å²) in [6.07, 6.45) is 1.06. The summed E-state index contributed by atoms with van der Waals surface area (Å²) < 4.78 is 10.2. The highest BCUT2D eigenvalue weighted by Crippen LogP contribution is 2.49. The molecule has 3 rings (SSSR count). The molecule has 0 spiro atoms. The highest BCUT2D eigenvalue weighted by Gasteiger charge is 2.44. The van der Waals surface area contributed by atoms with Gasteiger partial charge in [0.25, 0.3) is 0 Å². The molecule has 1 aromatic rings. The van der Waals surface area contributed by atoms with E-state index in [4.69, 9.17) is 9.47 Å². The number of ketones is 1. The van der Waals surface area contributed by atoms with Gasteiger partial charge in [-0.15, -0.1) is 0 Å². The van der Waals surface area contributed by atoms with Crippen LogP contribution in [-0.4, -0.2) is 31.1 Å². The van der Waals surface area contributed by atoms with Crippen LogP contribution in [0.5, 0.6) is 11.5 Å². The van der Waals surface area contributed by atoms with Gasteiger partial charge in [0.2, 0.25) is 0 Å². The summed E-state index contributed by atoms with van der Waals surface area (Å²) in [7, 11) is 2.77. The molecule has 0 saturated carbocycles. The smallest absolute Gasteiger partial charge is 0.336 e. The van der Waals surface area contributed by atoms with E-state index in [0.29, 0.717) is 41.0 Å². The van der Waals surface area contributed by atoms with Crippen molar-refractivity contribution in [3.8, 4) is 11.5 Å². The number of para-hydroxylation sites is 1. The van der Waals surface area contributed by atoms with Gasteiger partial charge in [-0.2, -0.15) is 0 Å². The molecule has 0 bridgehead atoms. The van der Waals surface area contributed by atoms with Crippen molar-refractivity contribution in [3.05, 3.63) is 46.3 Å². The summed E-state index contributed by atoms with van der Waals surface area (Å²) in [5.74, 6) is -1.05. The largest absolute Gasteiger partial charge is 0.504 e. The first-order valence-electron chi connectivity index (χ1n) is 8.88. The first-order chi connectivity index (χ1) is 12.7. The molecule has 1 unspecified atom stereocenters. The number of dihydropyridines is 1. The molecule has 144 valence electrons. The second kappa shape index (κ2) is 6.76. The van der Waals surface area contributed by atoms with Crippen LogP contribution in [0.1, 0.15) is 45.1 Å². The molecule has 0 saturated heterocycles. The molecule has 0 aromatic heterocycles. The molecule has 2 N–H and O–H groups in total. The summed E-state index contributed by atoms with van der Waals surface area (Å²) in [4.78, 5) is 25.6. The van der Waals surface area contributed by atoms with E-state index >= 15 is 0 Å². The van der Waals surface area contributed by atoms with Gasteiger partial charge in [-0.05, 0) is 24.8 Å². The van der Waals surface area contributed by atoms with Crippen molar-refractivity contribution in [1.29, 1.82) is 0 Å². The summed E-state index contributed by atoms with van der Waals surface area (Å²) >= 11 is 0. The number of hydrogen-bond donors (Lipinski definition) is 2. The Hall–Kier alpha value is -2.76.